The van der Waals surface area contributed by atoms with Crippen LogP contribution in [0.4, 0.5) is 0 Å². The number of aliphatic hydroxyl groups is 1. The maximum atomic E-state index is 9.45. The number of hydrogen-bond acceptors (Lipinski definition) is 3. The molecule has 0 radical (unpaired) electrons. The van der Waals surface area contributed by atoms with E-state index in [-0.39, 0.29) is 0 Å². The first-order valence-corrected chi connectivity index (χ1v) is 5.85. The Morgan fingerprint density at radius 2 is 2.27 bits per heavy atom. The van der Waals surface area contributed by atoms with Gasteiger partial charge in [-0.3, -0.25) is 0 Å². The minimum Gasteiger partial charge on any atom is -0.387 e. The topological polar surface area (TPSA) is 50.4 Å². The molecule has 0 aromatic carbocycles. The van der Waals surface area contributed by atoms with Gasteiger partial charge in [0.25, 0.3) is 0 Å². The first-order valence-electron chi connectivity index (χ1n) is 4.40. The van der Waals surface area contributed by atoms with Crippen LogP contribution in [0, 0.1) is 10.5 Å². The molecule has 80 valence electrons. The van der Waals surface area contributed by atoms with Crippen molar-refractivity contribution in [1.82, 2.24) is 14.6 Å². The van der Waals surface area contributed by atoms with Crippen molar-refractivity contribution in [3.63, 3.8) is 0 Å². The number of aryl methyl sites for hydroxylation is 1. The smallest absolute Gasteiger partial charge is 0.170 e. The van der Waals surface area contributed by atoms with Crippen molar-refractivity contribution >= 4 is 39.8 Å². The molecule has 4 nitrogen and oxygen atoms in total. The summed E-state index contributed by atoms with van der Waals surface area (Å²) in [5, 5.41) is 14.2. The van der Waals surface area contributed by atoms with Crippen molar-refractivity contribution in [3.8, 4) is 0 Å². The molecule has 0 fully saturated rings. The molecule has 0 aliphatic carbocycles. The quantitative estimate of drug-likeness (QED) is 0.642. The third-order valence-corrected chi connectivity index (χ3v) is 3.63. The molecular formula is C9H9ClIN3O. The standard InChI is InChI=1S/C9H9ClIN3O/c1-4-8(11)9-12-6(5(2)15)3-7(10)14(9)13-4/h3,5,15H,1-2H3. The molecule has 1 unspecified atom stereocenters. The van der Waals surface area contributed by atoms with Crippen LogP contribution in [0.3, 0.4) is 0 Å². The van der Waals surface area contributed by atoms with Gasteiger partial charge in [-0.2, -0.15) is 5.10 Å². The van der Waals surface area contributed by atoms with Crippen molar-refractivity contribution in [2.45, 2.75) is 20.0 Å². The molecule has 6 heteroatoms. The van der Waals surface area contributed by atoms with Gasteiger partial charge in [-0.1, -0.05) is 11.6 Å². The molecule has 2 rings (SSSR count). The summed E-state index contributed by atoms with van der Waals surface area (Å²) in [6.07, 6.45) is -0.626. The SMILES string of the molecule is Cc1nn2c(Cl)cc(C(C)O)nc2c1I. The summed E-state index contributed by atoms with van der Waals surface area (Å²) in [6.45, 7) is 3.56. The zero-order valence-electron chi connectivity index (χ0n) is 8.20. The summed E-state index contributed by atoms with van der Waals surface area (Å²) in [4.78, 5) is 4.31. The Balaban J connectivity index is 2.79. The average Bonchev–Trinajstić information content (AvgIpc) is 2.45. The van der Waals surface area contributed by atoms with Crippen LogP contribution in [0.15, 0.2) is 6.07 Å². The molecule has 0 amide bonds. The third-order valence-electron chi connectivity index (χ3n) is 2.10. The van der Waals surface area contributed by atoms with Crippen LogP contribution in [0.1, 0.15) is 24.4 Å². The zero-order chi connectivity index (χ0) is 11.2. The highest BCUT2D eigenvalue weighted by molar-refractivity contribution is 14.1. The van der Waals surface area contributed by atoms with Gasteiger partial charge < -0.3 is 5.11 Å². The Kier molecular flexibility index (Phi) is 2.87. The molecule has 2 aromatic rings. The molecule has 2 aromatic heterocycles. The molecule has 2 heterocycles. The number of halogens is 2. The van der Waals surface area contributed by atoms with E-state index in [4.69, 9.17) is 11.6 Å². The van der Waals surface area contributed by atoms with Crippen molar-refractivity contribution in [3.05, 3.63) is 26.2 Å². The van der Waals surface area contributed by atoms with E-state index in [0.29, 0.717) is 16.5 Å². The molecule has 0 saturated carbocycles. The average molecular weight is 338 g/mol. The first kappa shape index (κ1) is 11.1. The van der Waals surface area contributed by atoms with Gasteiger partial charge in [0.2, 0.25) is 0 Å². The van der Waals surface area contributed by atoms with Gasteiger partial charge in [0.1, 0.15) is 5.15 Å². The van der Waals surface area contributed by atoms with E-state index in [9.17, 15) is 5.11 Å². The van der Waals surface area contributed by atoms with Gasteiger partial charge in [0.05, 0.1) is 21.1 Å². The molecule has 0 bridgehead atoms. The zero-order valence-corrected chi connectivity index (χ0v) is 11.1. The molecule has 0 saturated heterocycles. The Labute approximate surface area is 105 Å². The monoisotopic (exact) mass is 337 g/mol. The van der Waals surface area contributed by atoms with E-state index >= 15 is 0 Å². The summed E-state index contributed by atoms with van der Waals surface area (Å²) in [7, 11) is 0. The van der Waals surface area contributed by atoms with Crippen LogP contribution in [0.2, 0.25) is 5.15 Å². The lowest BCUT2D eigenvalue weighted by Gasteiger charge is -2.05. The van der Waals surface area contributed by atoms with E-state index in [1.807, 2.05) is 6.92 Å². The normalized spacial score (nSPS) is 13.4. The molecule has 0 aliphatic rings. The second-order valence-electron chi connectivity index (χ2n) is 3.31. The minimum atomic E-state index is -0.626. The largest absolute Gasteiger partial charge is 0.387 e. The fourth-order valence-corrected chi connectivity index (χ4v) is 1.98. The Morgan fingerprint density at radius 1 is 1.60 bits per heavy atom. The van der Waals surface area contributed by atoms with Gasteiger partial charge in [0, 0.05) is 0 Å². The maximum Gasteiger partial charge on any atom is 0.170 e. The van der Waals surface area contributed by atoms with Crippen LogP contribution in [0.25, 0.3) is 5.65 Å². The molecule has 15 heavy (non-hydrogen) atoms. The van der Waals surface area contributed by atoms with Gasteiger partial charge in [-0.15, -0.1) is 0 Å². The Hall–Kier alpha value is -0.400. The minimum absolute atomic E-state index is 0.460. The lowest BCUT2D eigenvalue weighted by atomic mass is 10.3. The van der Waals surface area contributed by atoms with E-state index in [1.165, 1.54) is 0 Å². The predicted molar refractivity (Wildman–Crippen MR) is 66.1 cm³/mol. The highest BCUT2D eigenvalue weighted by Gasteiger charge is 2.13. The number of aliphatic hydroxyl groups excluding tert-OH is 1. The second kappa shape index (κ2) is 3.88. The number of rotatable bonds is 1. The van der Waals surface area contributed by atoms with Crippen LogP contribution < -0.4 is 0 Å². The van der Waals surface area contributed by atoms with Gasteiger partial charge in [0.15, 0.2) is 5.65 Å². The summed E-state index contributed by atoms with van der Waals surface area (Å²) < 4.78 is 2.53. The summed E-state index contributed by atoms with van der Waals surface area (Å²) in [6, 6.07) is 1.63. The van der Waals surface area contributed by atoms with Crippen molar-refractivity contribution < 1.29 is 5.11 Å². The first-order chi connectivity index (χ1) is 7.00. The summed E-state index contributed by atoms with van der Waals surface area (Å²) in [5.74, 6) is 0. The van der Waals surface area contributed by atoms with Crippen molar-refractivity contribution in [1.29, 1.82) is 0 Å². The fourth-order valence-electron chi connectivity index (χ4n) is 1.29. The maximum absolute atomic E-state index is 9.45. The Morgan fingerprint density at radius 3 is 2.87 bits per heavy atom. The third kappa shape index (κ3) is 1.83. The van der Waals surface area contributed by atoms with Crippen LogP contribution >= 0.6 is 34.2 Å². The van der Waals surface area contributed by atoms with E-state index in [1.54, 1.807) is 17.5 Å². The molecule has 1 atom stereocenters. The number of fused-ring (bicyclic) bond motifs is 1. The highest BCUT2D eigenvalue weighted by Crippen LogP contribution is 2.22. The van der Waals surface area contributed by atoms with Crippen LogP contribution in [-0.4, -0.2) is 19.7 Å². The lowest BCUT2D eigenvalue weighted by Crippen LogP contribution is -2.00. The van der Waals surface area contributed by atoms with Crippen LogP contribution in [0.5, 0.6) is 0 Å². The Bertz CT molecular complexity index is 524. The van der Waals surface area contributed by atoms with E-state index in [0.717, 1.165) is 9.26 Å². The molecular weight excluding hydrogens is 328 g/mol. The highest BCUT2D eigenvalue weighted by atomic mass is 127. The van der Waals surface area contributed by atoms with E-state index < -0.39 is 6.10 Å². The number of hydrogen-bond donors (Lipinski definition) is 1. The van der Waals surface area contributed by atoms with Gasteiger partial charge >= 0.3 is 0 Å². The molecule has 0 spiro atoms. The van der Waals surface area contributed by atoms with Gasteiger partial charge in [-0.05, 0) is 42.5 Å². The summed E-state index contributed by atoms with van der Waals surface area (Å²) >= 11 is 8.21. The number of nitrogens with zero attached hydrogens (tertiary/aromatic N) is 3. The van der Waals surface area contributed by atoms with E-state index in [2.05, 4.69) is 32.7 Å². The van der Waals surface area contributed by atoms with Gasteiger partial charge in [-0.25, -0.2) is 9.50 Å². The lowest BCUT2D eigenvalue weighted by molar-refractivity contribution is 0.194. The summed E-state index contributed by atoms with van der Waals surface area (Å²) in [5.41, 5.74) is 2.13. The molecule has 1 N–H and O–H groups in total. The predicted octanol–water partition coefficient (Wildman–Crippen LogP) is 2.35. The second-order valence-corrected chi connectivity index (χ2v) is 4.78. The number of aromatic nitrogens is 3. The van der Waals surface area contributed by atoms with Crippen molar-refractivity contribution in [2.75, 3.05) is 0 Å². The molecule has 0 aliphatic heterocycles. The van der Waals surface area contributed by atoms with Crippen LogP contribution in [-0.2, 0) is 0 Å². The fraction of sp³-hybridized carbons (Fsp3) is 0.333. The van der Waals surface area contributed by atoms with Crippen molar-refractivity contribution in [2.24, 2.45) is 0 Å².